The Balaban J connectivity index is 1.96. The highest BCUT2D eigenvalue weighted by molar-refractivity contribution is 5.92. The van der Waals surface area contributed by atoms with Crippen LogP contribution in [0, 0.1) is 11.3 Å². The summed E-state index contributed by atoms with van der Waals surface area (Å²) in [6.45, 7) is 0. The van der Waals surface area contributed by atoms with E-state index in [4.69, 9.17) is 5.26 Å². The van der Waals surface area contributed by atoms with Gasteiger partial charge in [0.05, 0.1) is 28.2 Å². The van der Waals surface area contributed by atoms with Gasteiger partial charge in [0.1, 0.15) is 11.4 Å². The van der Waals surface area contributed by atoms with Crippen molar-refractivity contribution in [3.05, 3.63) is 99.6 Å². The van der Waals surface area contributed by atoms with Gasteiger partial charge in [0.25, 0.3) is 5.56 Å². The number of phenols is 1. The molecule has 0 aliphatic carbocycles. The average Bonchev–Trinajstić information content (AvgIpc) is 2.78. The highest BCUT2D eigenvalue weighted by atomic mass is 16.4. The standard InChI is InChI=1S/C24H15N3O4/c25-14-16-10-8-15(9-11-16)12-13-21-26-19-6-2-1-4-17(19)23(29)27(21)20-7-3-5-18(22(20)28)24(30)31/h1-13,28H,(H,30,31)/b13-12+. The molecule has 0 saturated heterocycles. The third-order valence-corrected chi connectivity index (χ3v) is 4.75. The SMILES string of the molecule is N#Cc1ccc(/C=C/c2nc3ccccc3c(=O)n2-c2cccc(C(=O)O)c2O)cc1. The maximum Gasteiger partial charge on any atom is 0.339 e. The number of rotatable bonds is 4. The van der Waals surface area contributed by atoms with Gasteiger partial charge in [-0.15, -0.1) is 0 Å². The second kappa shape index (κ2) is 7.97. The molecule has 0 aliphatic rings. The number of hydrogen-bond donors (Lipinski definition) is 2. The summed E-state index contributed by atoms with van der Waals surface area (Å²) >= 11 is 0. The molecule has 0 unspecified atom stereocenters. The number of carbonyl (C=O) groups is 1. The minimum atomic E-state index is -1.31. The molecule has 0 saturated carbocycles. The van der Waals surface area contributed by atoms with Crippen LogP contribution in [0.5, 0.6) is 5.75 Å². The summed E-state index contributed by atoms with van der Waals surface area (Å²) in [5.74, 6) is -1.62. The van der Waals surface area contributed by atoms with Gasteiger partial charge in [0.2, 0.25) is 0 Å². The number of nitriles is 1. The van der Waals surface area contributed by atoms with Crippen LogP contribution in [0.1, 0.15) is 27.3 Å². The van der Waals surface area contributed by atoms with Crippen LogP contribution in [-0.2, 0) is 0 Å². The number of aromatic nitrogens is 2. The van der Waals surface area contributed by atoms with Gasteiger partial charge in [0, 0.05) is 0 Å². The zero-order chi connectivity index (χ0) is 22.0. The van der Waals surface area contributed by atoms with Crippen molar-refractivity contribution in [3.8, 4) is 17.5 Å². The van der Waals surface area contributed by atoms with Crippen molar-refractivity contribution in [2.45, 2.75) is 0 Å². The number of benzene rings is 3. The highest BCUT2D eigenvalue weighted by Gasteiger charge is 2.18. The van der Waals surface area contributed by atoms with Crippen LogP contribution < -0.4 is 5.56 Å². The van der Waals surface area contributed by atoms with Gasteiger partial charge in [-0.3, -0.25) is 9.36 Å². The summed E-state index contributed by atoms with van der Waals surface area (Å²) in [5.41, 5.74) is 1.02. The average molecular weight is 409 g/mol. The second-order valence-corrected chi connectivity index (χ2v) is 6.67. The fourth-order valence-electron chi connectivity index (χ4n) is 3.22. The van der Waals surface area contributed by atoms with Gasteiger partial charge in [-0.25, -0.2) is 9.78 Å². The Kier molecular flexibility index (Phi) is 5.04. The molecule has 1 aromatic heterocycles. The number of hydrogen-bond acceptors (Lipinski definition) is 5. The van der Waals surface area contributed by atoms with Gasteiger partial charge < -0.3 is 10.2 Å². The Morgan fingerprint density at radius 3 is 2.45 bits per heavy atom. The number of aromatic hydroxyl groups is 1. The van der Waals surface area contributed by atoms with Gasteiger partial charge in [-0.2, -0.15) is 5.26 Å². The quantitative estimate of drug-likeness (QED) is 0.529. The maximum absolute atomic E-state index is 13.3. The van der Waals surface area contributed by atoms with Gasteiger partial charge in [0.15, 0.2) is 5.75 Å². The van der Waals surface area contributed by atoms with E-state index < -0.39 is 17.3 Å². The molecular formula is C24H15N3O4. The van der Waals surface area contributed by atoms with E-state index in [1.54, 1.807) is 60.7 Å². The summed E-state index contributed by atoms with van der Waals surface area (Å²) in [5, 5.41) is 29.2. The summed E-state index contributed by atoms with van der Waals surface area (Å²) in [6.07, 6.45) is 3.31. The first-order valence-electron chi connectivity index (χ1n) is 9.25. The van der Waals surface area contributed by atoms with Crippen LogP contribution >= 0.6 is 0 Å². The zero-order valence-electron chi connectivity index (χ0n) is 16.1. The minimum absolute atomic E-state index is 0.0163. The number of fused-ring (bicyclic) bond motifs is 1. The molecule has 0 bridgehead atoms. The smallest absolute Gasteiger partial charge is 0.339 e. The lowest BCUT2D eigenvalue weighted by Gasteiger charge is -2.14. The monoisotopic (exact) mass is 409 g/mol. The van der Waals surface area contributed by atoms with E-state index in [2.05, 4.69) is 4.98 Å². The van der Waals surface area contributed by atoms with Gasteiger partial charge in [-0.05, 0) is 48.0 Å². The van der Waals surface area contributed by atoms with Crippen molar-refractivity contribution >= 4 is 29.0 Å². The van der Waals surface area contributed by atoms with E-state index in [-0.39, 0.29) is 17.1 Å². The normalized spacial score (nSPS) is 10.9. The van der Waals surface area contributed by atoms with Crippen molar-refractivity contribution in [1.82, 2.24) is 9.55 Å². The third kappa shape index (κ3) is 3.66. The first-order chi connectivity index (χ1) is 15.0. The molecule has 2 N–H and O–H groups in total. The summed E-state index contributed by atoms with van der Waals surface area (Å²) in [7, 11) is 0. The van der Waals surface area contributed by atoms with Crippen LogP contribution in [-0.4, -0.2) is 25.7 Å². The Morgan fingerprint density at radius 1 is 1.00 bits per heavy atom. The predicted molar refractivity (Wildman–Crippen MR) is 116 cm³/mol. The highest BCUT2D eigenvalue weighted by Crippen LogP contribution is 2.27. The van der Waals surface area contributed by atoms with Crippen molar-refractivity contribution in [3.63, 3.8) is 0 Å². The van der Waals surface area contributed by atoms with Crippen molar-refractivity contribution in [2.75, 3.05) is 0 Å². The van der Waals surface area contributed by atoms with E-state index in [0.29, 0.717) is 16.5 Å². The van der Waals surface area contributed by atoms with Crippen molar-refractivity contribution in [2.24, 2.45) is 0 Å². The molecule has 0 amide bonds. The molecule has 0 aliphatic heterocycles. The van der Waals surface area contributed by atoms with E-state index >= 15 is 0 Å². The number of carboxylic acid groups (broad SMARTS) is 1. The maximum atomic E-state index is 13.3. The molecule has 1 heterocycles. The zero-order valence-corrected chi connectivity index (χ0v) is 16.1. The van der Waals surface area contributed by atoms with Gasteiger partial charge >= 0.3 is 5.97 Å². The Labute approximate surface area is 176 Å². The Hall–Kier alpha value is -4.70. The van der Waals surface area contributed by atoms with Crippen LogP contribution in [0.15, 0.2) is 71.5 Å². The third-order valence-electron chi connectivity index (χ3n) is 4.75. The van der Waals surface area contributed by atoms with E-state index in [1.807, 2.05) is 6.07 Å². The fourth-order valence-corrected chi connectivity index (χ4v) is 3.22. The first-order valence-corrected chi connectivity index (χ1v) is 9.25. The number of para-hydroxylation sites is 2. The molecule has 0 atom stereocenters. The van der Waals surface area contributed by atoms with E-state index in [9.17, 15) is 19.8 Å². The fraction of sp³-hybridized carbons (Fsp3) is 0. The number of nitrogens with zero attached hydrogens (tertiary/aromatic N) is 3. The summed E-state index contributed by atoms with van der Waals surface area (Å²) in [4.78, 5) is 29.3. The van der Waals surface area contributed by atoms with Crippen molar-refractivity contribution in [1.29, 1.82) is 5.26 Å². The number of aromatic carboxylic acids is 1. The second-order valence-electron chi connectivity index (χ2n) is 6.67. The summed E-state index contributed by atoms with van der Waals surface area (Å²) < 4.78 is 1.18. The number of carboxylic acids is 1. The lowest BCUT2D eigenvalue weighted by atomic mass is 10.1. The Morgan fingerprint density at radius 2 is 1.74 bits per heavy atom. The molecule has 0 spiro atoms. The predicted octanol–water partition coefficient (Wildman–Crippen LogP) is 3.83. The molecule has 4 rings (SSSR count). The van der Waals surface area contributed by atoms with Crippen LogP contribution in [0.3, 0.4) is 0 Å². The van der Waals surface area contributed by atoms with Crippen LogP contribution in [0.25, 0.3) is 28.7 Å². The largest absolute Gasteiger partial charge is 0.505 e. The van der Waals surface area contributed by atoms with Crippen LogP contribution in [0.2, 0.25) is 0 Å². The molecule has 0 fully saturated rings. The molecule has 7 heteroatoms. The molecule has 31 heavy (non-hydrogen) atoms. The lowest BCUT2D eigenvalue weighted by molar-refractivity contribution is 0.0693. The van der Waals surface area contributed by atoms with Crippen LogP contribution in [0.4, 0.5) is 0 Å². The minimum Gasteiger partial charge on any atom is -0.505 e. The van der Waals surface area contributed by atoms with E-state index in [1.165, 1.54) is 22.8 Å². The van der Waals surface area contributed by atoms with Gasteiger partial charge in [-0.1, -0.05) is 36.4 Å². The molecule has 3 aromatic carbocycles. The lowest BCUT2D eigenvalue weighted by Crippen LogP contribution is -2.22. The topological polar surface area (TPSA) is 116 Å². The van der Waals surface area contributed by atoms with Crippen molar-refractivity contribution < 1.29 is 15.0 Å². The molecule has 4 aromatic rings. The molecule has 0 radical (unpaired) electrons. The van der Waals surface area contributed by atoms with E-state index in [0.717, 1.165) is 5.56 Å². The molecular weight excluding hydrogens is 394 g/mol. The summed E-state index contributed by atoms with van der Waals surface area (Å²) in [6, 6.07) is 19.8. The Bertz CT molecular complexity index is 1440. The first kappa shape index (κ1) is 19.6. The molecule has 7 nitrogen and oxygen atoms in total. The molecule has 150 valence electrons.